The van der Waals surface area contributed by atoms with Crippen molar-refractivity contribution in [2.24, 2.45) is 0 Å². The van der Waals surface area contributed by atoms with Gasteiger partial charge < -0.3 is 5.32 Å². The molecule has 3 nitrogen and oxygen atoms in total. The molecule has 4 rings (SSSR count). The lowest BCUT2D eigenvalue weighted by Crippen LogP contribution is -2.49. The average molecular weight is 350 g/mol. The zero-order valence-electron chi connectivity index (χ0n) is 14.7. The zero-order chi connectivity index (χ0) is 18.7. The molecule has 0 unspecified atom stereocenters. The smallest absolute Gasteiger partial charge is 0.250 e. The maximum atomic E-state index is 13.3. The molecule has 0 radical (unpaired) electrons. The molecule has 1 N–H and O–H groups in total. The van der Waals surface area contributed by atoms with Gasteiger partial charge in [-0.05, 0) is 16.7 Å². The first-order valence-electron chi connectivity index (χ1n) is 8.86. The molecule has 1 heterocycles. The molecule has 27 heavy (non-hydrogen) atoms. The van der Waals surface area contributed by atoms with Gasteiger partial charge in [0.25, 0.3) is 0 Å². The van der Waals surface area contributed by atoms with E-state index in [0.717, 1.165) is 16.8 Å². The lowest BCUT2D eigenvalue weighted by atomic mass is 9.66. The van der Waals surface area contributed by atoms with Crippen molar-refractivity contribution >= 4 is 11.6 Å². The molecule has 0 saturated heterocycles. The second-order valence-electron chi connectivity index (χ2n) is 6.57. The SMILES string of the molecule is N#C[C@]1(c2ccccc2)C(=O)NC(c2ccccc2)=C[C@H]1c1ccccc1. The number of hydrogen-bond donors (Lipinski definition) is 1. The highest BCUT2D eigenvalue weighted by atomic mass is 16.2. The molecule has 1 aliphatic heterocycles. The number of nitrogens with one attached hydrogen (secondary N) is 1. The van der Waals surface area contributed by atoms with Gasteiger partial charge in [0.2, 0.25) is 5.91 Å². The Labute approximate surface area is 158 Å². The lowest BCUT2D eigenvalue weighted by Gasteiger charge is -2.37. The number of nitriles is 1. The van der Waals surface area contributed by atoms with Crippen LogP contribution in [0, 0.1) is 11.3 Å². The normalized spacial score (nSPS) is 21.7. The molecule has 1 aliphatic rings. The fourth-order valence-corrected chi connectivity index (χ4v) is 3.68. The van der Waals surface area contributed by atoms with Crippen molar-refractivity contribution in [2.45, 2.75) is 11.3 Å². The Morgan fingerprint density at radius 3 is 1.96 bits per heavy atom. The van der Waals surface area contributed by atoms with Crippen LogP contribution in [0.1, 0.15) is 22.6 Å². The maximum absolute atomic E-state index is 13.3. The first-order valence-corrected chi connectivity index (χ1v) is 8.86. The summed E-state index contributed by atoms with van der Waals surface area (Å²) < 4.78 is 0. The van der Waals surface area contributed by atoms with Gasteiger partial charge in [0, 0.05) is 11.6 Å². The number of allylic oxidation sites excluding steroid dienone is 1. The van der Waals surface area contributed by atoms with Crippen LogP contribution in [0.2, 0.25) is 0 Å². The van der Waals surface area contributed by atoms with E-state index in [9.17, 15) is 10.1 Å². The van der Waals surface area contributed by atoms with Crippen LogP contribution in [0.25, 0.3) is 5.70 Å². The van der Waals surface area contributed by atoms with Crippen LogP contribution in [0.3, 0.4) is 0 Å². The third-order valence-electron chi connectivity index (χ3n) is 5.06. The Morgan fingerprint density at radius 2 is 1.37 bits per heavy atom. The van der Waals surface area contributed by atoms with Gasteiger partial charge in [-0.2, -0.15) is 5.26 Å². The Bertz CT molecular complexity index is 1020. The molecule has 1 amide bonds. The van der Waals surface area contributed by atoms with Crippen LogP contribution in [-0.4, -0.2) is 5.91 Å². The molecule has 0 aromatic heterocycles. The highest BCUT2D eigenvalue weighted by molar-refractivity contribution is 6.01. The minimum Gasteiger partial charge on any atom is -0.324 e. The summed E-state index contributed by atoms with van der Waals surface area (Å²) in [5.41, 5.74) is 1.97. The predicted molar refractivity (Wildman–Crippen MR) is 105 cm³/mol. The number of carbonyl (C=O) groups is 1. The monoisotopic (exact) mass is 350 g/mol. The number of benzene rings is 3. The van der Waals surface area contributed by atoms with E-state index in [4.69, 9.17) is 0 Å². The molecule has 2 atom stereocenters. The van der Waals surface area contributed by atoms with Gasteiger partial charge in [0.1, 0.15) is 0 Å². The van der Waals surface area contributed by atoms with Crippen molar-refractivity contribution in [1.29, 1.82) is 5.26 Å². The molecule has 0 saturated carbocycles. The van der Waals surface area contributed by atoms with Gasteiger partial charge in [0.05, 0.1) is 6.07 Å². The Balaban J connectivity index is 1.95. The minimum absolute atomic E-state index is 0.300. The summed E-state index contributed by atoms with van der Waals surface area (Å²) in [6.07, 6.45) is 2.00. The van der Waals surface area contributed by atoms with Gasteiger partial charge in [-0.1, -0.05) is 97.1 Å². The molecule has 0 aliphatic carbocycles. The van der Waals surface area contributed by atoms with Crippen LogP contribution in [0.4, 0.5) is 0 Å². The van der Waals surface area contributed by atoms with E-state index in [2.05, 4.69) is 11.4 Å². The third kappa shape index (κ3) is 2.82. The first-order chi connectivity index (χ1) is 13.3. The highest BCUT2D eigenvalue weighted by Gasteiger charge is 2.50. The van der Waals surface area contributed by atoms with Crippen LogP contribution >= 0.6 is 0 Å². The molecule has 0 fully saturated rings. The van der Waals surface area contributed by atoms with E-state index in [1.54, 1.807) is 0 Å². The minimum atomic E-state index is -1.32. The van der Waals surface area contributed by atoms with Crippen LogP contribution < -0.4 is 5.32 Å². The molecule has 3 heteroatoms. The van der Waals surface area contributed by atoms with E-state index in [0.29, 0.717) is 5.56 Å². The highest BCUT2D eigenvalue weighted by Crippen LogP contribution is 2.44. The number of carbonyl (C=O) groups excluding carboxylic acids is 1. The quantitative estimate of drug-likeness (QED) is 0.761. The second-order valence-corrected chi connectivity index (χ2v) is 6.57. The van der Waals surface area contributed by atoms with Gasteiger partial charge >= 0.3 is 0 Å². The fraction of sp³-hybridized carbons (Fsp3) is 0.0833. The van der Waals surface area contributed by atoms with Gasteiger partial charge in [-0.25, -0.2) is 0 Å². The summed E-state index contributed by atoms with van der Waals surface area (Å²) in [6, 6.07) is 31.1. The van der Waals surface area contributed by atoms with Crippen molar-refractivity contribution < 1.29 is 4.79 Å². The van der Waals surface area contributed by atoms with Crippen molar-refractivity contribution in [3.8, 4) is 6.07 Å². The molecular formula is C24H18N2O. The van der Waals surface area contributed by atoms with Gasteiger partial charge in [-0.15, -0.1) is 0 Å². The molecule has 0 bridgehead atoms. The lowest BCUT2D eigenvalue weighted by molar-refractivity contribution is -0.124. The van der Waals surface area contributed by atoms with E-state index >= 15 is 0 Å². The summed E-state index contributed by atoms with van der Waals surface area (Å²) in [5, 5.41) is 13.2. The van der Waals surface area contributed by atoms with Crippen molar-refractivity contribution in [2.75, 3.05) is 0 Å². The first kappa shape index (κ1) is 16.8. The number of rotatable bonds is 3. The Hall–Kier alpha value is -3.64. The summed E-state index contributed by atoms with van der Waals surface area (Å²) >= 11 is 0. The summed E-state index contributed by atoms with van der Waals surface area (Å²) in [4.78, 5) is 13.3. The zero-order valence-corrected chi connectivity index (χ0v) is 14.7. The molecule has 3 aromatic rings. The van der Waals surface area contributed by atoms with E-state index < -0.39 is 11.3 Å². The molecule has 130 valence electrons. The summed E-state index contributed by atoms with van der Waals surface area (Å²) in [7, 11) is 0. The summed E-state index contributed by atoms with van der Waals surface area (Å²) in [6.45, 7) is 0. The predicted octanol–water partition coefficient (Wildman–Crippen LogP) is 4.40. The Kier molecular flexibility index (Phi) is 4.32. The number of nitrogens with zero attached hydrogens (tertiary/aromatic N) is 1. The van der Waals surface area contributed by atoms with Gasteiger partial charge in [-0.3, -0.25) is 4.79 Å². The fourth-order valence-electron chi connectivity index (χ4n) is 3.68. The summed E-state index contributed by atoms with van der Waals surface area (Å²) in [5.74, 6) is -0.693. The number of amides is 1. The van der Waals surface area contributed by atoms with Crippen molar-refractivity contribution in [1.82, 2.24) is 5.32 Å². The van der Waals surface area contributed by atoms with Crippen molar-refractivity contribution in [3.63, 3.8) is 0 Å². The van der Waals surface area contributed by atoms with E-state index in [1.807, 2.05) is 97.1 Å². The largest absolute Gasteiger partial charge is 0.324 e. The maximum Gasteiger partial charge on any atom is 0.250 e. The Morgan fingerprint density at radius 1 is 0.815 bits per heavy atom. The molecule has 3 aromatic carbocycles. The van der Waals surface area contributed by atoms with Crippen LogP contribution in [0.15, 0.2) is 97.1 Å². The van der Waals surface area contributed by atoms with Crippen LogP contribution in [0.5, 0.6) is 0 Å². The molecule has 0 spiro atoms. The topological polar surface area (TPSA) is 52.9 Å². The van der Waals surface area contributed by atoms with Gasteiger partial charge in [0.15, 0.2) is 5.41 Å². The van der Waals surface area contributed by atoms with Crippen molar-refractivity contribution in [3.05, 3.63) is 114 Å². The second kappa shape index (κ2) is 6.93. The molecular weight excluding hydrogens is 332 g/mol. The van der Waals surface area contributed by atoms with Crippen LogP contribution in [-0.2, 0) is 10.2 Å². The number of hydrogen-bond acceptors (Lipinski definition) is 2. The third-order valence-corrected chi connectivity index (χ3v) is 5.06. The standard InChI is InChI=1S/C24H18N2O/c25-17-24(20-14-8-3-9-15-20)21(18-10-4-1-5-11-18)16-22(26-23(24)27)19-12-6-2-7-13-19/h1-16,21H,(H,26,27)/t21-,24+/m0/s1. The van der Waals surface area contributed by atoms with E-state index in [1.165, 1.54) is 0 Å². The van der Waals surface area contributed by atoms with E-state index in [-0.39, 0.29) is 5.91 Å². The average Bonchev–Trinajstić information content (AvgIpc) is 2.75.